The maximum atomic E-state index is 10.7. The van der Waals surface area contributed by atoms with Crippen LogP contribution in [0.3, 0.4) is 0 Å². The van der Waals surface area contributed by atoms with Crippen LogP contribution >= 0.6 is 0 Å². The Hall–Kier alpha value is -1.26. The van der Waals surface area contributed by atoms with Gasteiger partial charge in [0.05, 0.1) is 5.60 Å². The van der Waals surface area contributed by atoms with E-state index in [-0.39, 0.29) is 0 Å². The fourth-order valence-electron chi connectivity index (χ4n) is 2.61. The Kier molecular flexibility index (Phi) is 2.92. The predicted molar refractivity (Wildman–Crippen MR) is 68.1 cm³/mol. The summed E-state index contributed by atoms with van der Waals surface area (Å²) in [6.45, 7) is 3.02. The number of aliphatic hydroxyl groups is 1. The lowest BCUT2D eigenvalue weighted by Gasteiger charge is -2.37. The fourth-order valence-corrected chi connectivity index (χ4v) is 2.61. The van der Waals surface area contributed by atoms with E-state index < -0.39 is 5.60 Å². The van der Waals surface area contributed by atoms with Crippen molar-refractivity contribution in [2.45, 2.75) is 18.4 Å². The average Bonchev–Trinajstić information content (AvgIpc) is 2.42. The molecule has 0 aliphatic carbocycles. The summed E-state index contributed by atoms with van der Waals surface area (Å²) in [7, 11) is 2.09. The Morgan fingerprint density at radius 3 is 2.50 bits per heavy atom. The van der Waals surface area contributed by atoms with Crippen molar-refractivity contribution in [1.82, 2.24) is 4.90 Å². The second kappa shape index (κ2) is 4.44. The van der Waals surface area contributed by atoms with Gasteiger partial charge in [0, 0.05) is 13.1 Å². The van der Waals surface area contributed by atoms with Gasteiger partial charge in [-0.3, -0.25) is 0 Å². The molecule has 0 aromatic heterocycles. The summed E-state index contributed by atoms with van der Waals surface area (Å²) in [5.41, 5.74) is 0.224. The molecule has 2 heterocycles. The second-order valence-corrected chi connectivity index (χ2v) is 5.19. The van der Waals surface area contributed by atoms with Crippen LogP contribution in [-0.2, 0) is 5.60 Å². The molecule has 0 radical (unpaired) electrons. The summed E-state index contributed by atoms with van der Waals surface area (Å²) in [6, 6.07) is 5.79. The number of nitrogens with zero attached hydrogens (tertiary/aromatic N) is 1. The van der Waals surface area contributed by atoms with Crippen LogP contribution in [-0.4, -0.2) is 43.4 Å². The van der Waals surface area contributed by atoms with Crippen molar-refractivity contribution in [1.29, 1.82) is 0 Å². The largest absolute Gasteiger partial charge is 0.486 e. The molecule has 3 rings (SSSR count). The normalized spacial score (nSPS) is 22.8. The molecule has 2 aliphatic heterocycles. The molecule has 0 unspecified atom stereocenters. The van der Waals surface area contributed by atoms with Crippen molar-refractivity contribution in [2.75, 3.05) is 33.4 Å². The zero-order valence-corrected chi connectivity index (χ0v) is 10.7. The molecule has 98 valence electrons. The molecule has 1 aromatic rings. The minimum absolute atomic E-state index is 0.581. The highest BCUT2D eigenvalue weighted by Crippen LogP contribution is 2.38. The molecule has 18 heavy (non-hydrogen) atoms. The van der Waals surface area contributed by atoms with Gasteiger partial charge >= 0.3 is 0 Å². The molecule has 1 fully saturated rings. The topological polar surface area (TPSA) is 41.9 Å². The van der Waals surface area contributed by atoms with E-state index in [1.165, 1.54) is 0 Å². The molecule has 1 N–H and O–H groups in total. The van der Waals surface area contributed by atoms with Gasteiger partial charge in [0.15, 0.2) is 11.5 Å². The van der Waals surface area contributed by atoms with Crippen molar-refractivity contribution >= 4 is 0 Å². The summed E-state index contributed by atoms with van der Waals surface area (Å²) in [5, 5.41) is 10.7. The molecular weight excluding hydrogens is 230 g/mol. The van der Waals surface area contributed by atoms with Gasteiger partial charge < -0.3 is 19.5 Å². The Morgan fingerprint density at radius 2 is 1.78 bits per heavy atom. The minimum Gasteiger partial charge on any atom is -0.486 e. The van der Waals surface area contributed by atoms with E-state index in [0.29, 0.717) is 13.2 Å². The summed E-state index contributed by atoms with van der Waals surface area (Å²) in [5.74, 6) is 1.53. The van der Waals surface area contributed by atoms with Crippen LogP contribution in [0.15, 0.2) is 18.2 Å². The van der Waals surface area contributed by atoms with E-state index in [1.807, 2.05) is 18.2 Å². The Bertz CT molecular complexity index is 439. The van der Waals surface area contributed by atoms with E-state index >= 15 is 0 Å². The zero-order valence-electron chi connectivity index (χ0n) is 10.7. The van der Waals surface area contributed by atoms with Crippen molar-refractivity contribution in [3.63, 3.8) is 0 Å². The maximum absolute atomic E-state index is 10.7. The third-order valence-corrected chi connectivity index (χ3v) is 3.89. The van der Waals surface area contributed by atoms with E-state index in [2.05, 4.69) is 11.9 Å². The number of ether oxygens (including phenoxy) is 2. The monoisotopic (exact) mass is 249 g/mol. The van der Waals surface area contributed by atoms with Crippen LogP contribution in [0, 0.1) is 0 Å². The molecule has 1 saturated heterocycles. The van der Waals surface area contributed by atoms with Gasteiger partial charge in [0.25, 0.3) is 0 Å². The summed E-state index contributed by atoms with van der Waals surface area (Å²) in [4.78, 5) is 2.24. The van der Waals surface area contributed by atoms with Gasteiger partial charge in [0.1, 0.15) is 13.2 Å². The van der Waals surface area contributed by atoms with Crippen molar-refractivity contribution < 1.29 is 14.6 Å². The quantitative estimate of drug-likeness (QED) is 0.816. The third kappa shape index (κ3) is 2.06. The number of hydrogen-bond donors (Lipinski definition) is 1. The lowest BCUT2D eigenvalue weighted by molar-refractivity contribution is -0.0206. The van der Waals surface area contributed by atoms with Crippen LogP contribution in [0.2, 0.25) is 0 Å². The first kappa shape index (κ1) is 11.8. The Morgan fingerprint density at radius 1 is 1.11 bits per heavy atom. The first-order valence-corrected chi connectivity index (χ1v) is 6.48. The standard InChI is InChI=1S/C14H19NO3/c1-15-6-4-14(16,5-7-15)11-2-3-12-13(10-11)18-9-8-17-12/h2-3,10,16H,4-9H2,1H3. The summed E-state index contributed by atoms with van der Waals surface area (Å²) < 4.78 is 11.1. The molecule has 0 saturated carbocycles. The average molecular weight is 249 g/mol. The maximum Gasteiger partial charge on any atom is 0.161 e. The fraction of sp³-hybridized carbons (Fsp3) is 0.571. The minimum atomic E-state index is -0.720. The molecule has 4 heteroatoms. The van der Waals surface area contributed by atoms with Crippen molar-refractivity contribution in [3.05, 3.63) is 23.8 Å². The van der Waals surface area contributed by atoms with Crippen LogP contribution in [0.4, 0.5) is 0 Å². The number of fused-ring (bicyclic) bond motifs is 1. The van der Waals surface area contributed by atoms with E-state index in [4.69, 9.17) is 9.47 Å². The van der Waals surface area contributed by atoms with Gasteiger partial charge in [0.2, 0.25) is 0 Å². The number of piperidine rings is 1. The lowest BCUT2D eigenvalue weighted by atomic mass is 9.84. The van der Waals surface area contributed by atoms with E-state index in [1.54, 1.807) is 0 Å². The molecule has 0 atom stereocenters. The van der Waals surface area contributed by atoms with Gasteiger partial charge in [-0.1, -0.05) is 6.07 Å². The highest BCUT2D eigenvalue weighted by Gasteiger charge is 2.33. The molecule has 0 spiro atoms. The van der Waals surface area contributed by atoms with Crippen LogP contribution in [0.1, 0.15) is 18.4 Å². The van der Waals surface area contributed by atoms with Crippen LogP contribution < -0.4 is 9.47 Å². The van der Waals surface area contributed by atoms with E-state index in [0.717, 1.165) is 43.0 Å². The number of hydrogen-bond acceptors (Lipinski definition) is 4. The highest BCUT2D eigenvalue weighted by atomic mass is 16.6. The van der Waals surface area contributed by atoms with Gasteiger partial charge in [-0.05, 0) is 37.6 Å². The SMILES string of the molecule is CN1CCC(O)(c2ccc3c(c2)OCCO3)CC1. The predicted octanol–water partition coefficient (Wildman–Crippen LogP) is 1.37. The first-order valence-electron chi connectivity index (χ1n) is 6.48. The lowest BCUT2D eigenvalue weighted by Crippen LogP contribution is -2.40. The molecule has 2 aliphatic rings. The number of likely N-dealkylation sites (tertiary alicyclic amines) is 1. The van der Waals surface area contributed by atoms with Crippen molar-refractivity contribution in [3.8, 4) is 11.5 Å². The summed E-state index contributed by atoms with van der Waals surface area (Å²) in [6.07, 6.45) is 1.53. The van der Waals surface area contributed by atoms with Gasteiger partial charge in [-0.2, -0.15) is 0 Å². The number of rotatable bonds is 1. The second-order valence-electron chi connectivity index (χ2n) is 5.19. The van der Waals surface area contributed by atoms with Gasteiger partial charge in [-0.25, -0.2) is 0 Å². The van der Waals surface area contributed by atoms with Crippen LogP contribution in [0.5, 0.6) is 11.5 Å². The van der Waals surface area contributed by atoms with Crippen LogP contribution in [0.25, 0.3) is 0 Å². The van der Waals surface area contributed by atoms with Crippen molar-refractivity contribution in [2.24, 2.45) is 0 Å². The molecular formula is C14H19NO3. The van der Waals surface area contributed by atoms with E-state index in [9.17, 15) is 5.11 Å². The summed E-state index contributed by atoms with van der Waals surface area (Å²) >= 11 is 0. The zero-order chi connectivity index (χ0) is 12.6. The Balaban J connectivity index is 1.87. The number of benzene rings is 1. The highest BCUT2D eigenvalue weighted by molar-refractivity contribution is 5.45. The third-order valence-electron chi connectivity index (χ3n) is 3.89. The molecule has 1 aromatic carbocycles. The smallest absolute Gasteiger partial charge is 0.161 e. The van der Waals surface area contributed by atoms with Gasteiger partial charge in [-0.15, -0.1) is 0 Å². The first-order chi connectivity index (χ1) is 8.67. The molecule has 4 nitrogen and oxygen atoms in total. The molecule has 0 bridgehead atoms. The molecule has 0 amide bonds. The Labute approximate surface area is 107 Å².